The van der Waals surface area contributed by atoms with Gasteiger partial charge in [0.15, 0.2) is 0 Å². The molecule has 3 rings (SSSR count). The number of fused-ring (bicyclic) bond motifs is 1. The van der Waals surface area contributed by atoms with Crippen LogP contribution in [0.25, 0.3) is 17.0 Å². The fraction of sp³-hybridized carbons (Fsp3) is 0.150. The summed E-state index contributed by atoms with van der Waals surface area (Å²) in [4.78, 5) is 28.7. The molecule has 0 aliphatic carbocycles. The van der Waals surface area contributed by atoms with E-state index >= 15 is 0 Å². The van der Waals surface area contributed by atoms with Gasteiger partial charge in [-0.1, -0.05) is 18.2 Å². The van der Waals surface area contributed by atoms with E-state index in [0.29, 0.717) is 11.3 Å². The van der Waals surface area contributed by atoms with E-state index in [1.807, 2.05) is 48.0 Å². The summed E-state index contributed by atoms with van der Waals surface area (Å²) in [6.07, 6.45) is 3.03. The topological polar surface area (TPSA) is 65.5 Å². The molecule has 0 unspecified atom stereocenters. The van der Waals surface area contributed by atoms with Gasteiger partial charge in [-0.25, -0.2) is 14.6 Å². The summed E-state index contributed by atoms with van der Waals surface area (Å²) < 4.78 is 10.2. The largest absolute Gasteiger partial charge is 0.465 e. The van der Waals surface area contributed by atoms with Gasteiger partial charge in [-0.05, 0) is 47.0 Å². The number of thiophene rings is 1. The summed E-state index contributed by atoms with van der Waals surface area (Å²) in [7, 11) is 1.32. The van der Waals surface area contributed by atoms with E-state index in [2.05, 4.69) is 4.98 Å². The van der Waals surface area contributed by atoms with E-state index in [9.17, 15) is 9.59 Å². The van der Waals surface area contributed by atoms with Crippen LogP contribution in [-0.2, 0) is 20.9 Å². The number of nitrogens with zero attached hydrogens (tertiary/aromatic N) is 1. The smallest absolute Gasteiger partial charge is 0.340 e. The molecule has 2 heterocycles. The fourth-order valence-electron chi connectivity index (χ4n) is 2.64. The van der Waals surface area contributed by atoms with Gasteiger partial charge in [0.1, 0.15) is 6.61 Å². The lowest BCUT2D eigenvalue weighted by Gasteiger charge is -2.13. The van der Waals surface area contributed by atoms with Crippen molar-refractivity contribution in [3.8, 4) is 0 Å². The minimum Gasteiger partial charge on any atom is -0.465 e. The minimum atomic E-state index is -0.500. The Kier molecular flexibility index (Phi) is 5.43. The lowest BCUT2D eigenvalue weighted by molar-refractivity contribution is -0.139. The zero-order valence-electron chi connectivity index (χ0n) is 14.4. The first-order valence-corrected chi connectivity index (χ1v) is 8.88. The highest BCUT2D eigenvalue weighted by atomic mass is 32.1. The van der Waals surface area contributed by atoms with Crippen molar-refractivity contribution in [1.82, 2.24) is 4.98 Å². The number of para-hydroxylation sites is 1. The zero-order valence-corrected chi connectivity index (χ0v) is 15.2. The molecule has 0 saturated heterocycles. The number of carbonyl (C=O) groups is 2. The zero-order chi connectivity index (χ0) is 18.5. The number of carbonyl (C=O) groups excluding carboxylic acids is 2. The van der Waals surface area contributed by atoms with Gasteiger partial charge in [-0.2, -0.15) is 11.3 Å². The SMILES string of the molecule is COC(=O)c1c(COC(=O)/C=C/c2ccsc2)nc2ccccc2c1C. The van der Waals surface area contributed by atoms with Gasteiger partial charge >= 0.3 is 11.9 Å². The number of methoxy groups -OCH3 is 1. The standard InChI is InChI=1S/C20H17NO4S/c1-13-15-5-3-4-6-16(15)21-17(19(13)20(23)24-2)11-25-18(22)8-7-14-9-10-26-12-14/h3-10,12H,11H2,1-2H3/b8-7+. The molecule has 3 aromatic rings. The summed E-state index contributed by atoms with van der Waals surface area (Å²) in [6, 6.07) is 9.39. The van der Waals surface area contributed by atoms with Crippen LogP contribution in [0.3, 0.4) is 0 Å². The average molecular weight is 367 g/mol. The van der Waals surface area contributed by atoms with Crippen molar-refractivity contribution in [3.05, 3.63) is 69.6 Å². The first-order chi connectivity index (χ1) is 12.6. The molecule has 0 atom stereocenters. The third-order valence-corrected chi connectivity index (χ3v) is 4.62. The molecule has 0 spiro atoms. The van der Waals surface area contributed by atoms with Crippen molar-refractivity contribution < 1.29 is 19.1 Å². The van der Waals surface area contributed by atoms with Crippen LogP contribution in [0.2, 0.25) is 0 Å². The maximum absolute atomic E-state index is 12.2. The number of hydrogen-bond donors (Lipinski definition) is 0. The maximum Gasteiger partial charge on any atom is 0.340 e. The molecule has 0 aliphatic rings. The van der Waals surface area contributed by atoms with Crippen molar-refractivity contribution in [1.29, 1.82) is 0 Å². The van der Waals surface area contributed by atoms with E-state index < -0.39 is 11.9 Å². The molecule has 0 fully saturated rings. The Balaban J connectivity index is 1.86. The number of hydrogen-bond acceptors (Lipinski definition) is 6. The molecule has 0 radical (unpaired) electrons. The van der Waals surface area contributed by atoms with Gasteiger partial charge in [0.05, 0.1) is 23.9 Å². The van der Waals surface area contributed by atoms with Crippen LogP contribution in [0.4, 0.5) is 0 Å². The van der Waals surface area contributed by atoms with Gasteiger partial charge in [-0.15, -0.1) is 0 Å². The number of esters is 2. The normalized spacial score (nSPS) is 11.0. The maximum atomic E-state index is 12.2. The van der Waals surface area contributed by atoms with Crippen LogP contribution in [-0.4, -0.2) is 24.0 Å². The van der Waals surface area contributed by atoms with Crippen LogP contribution >= 0.6 is 11.3 Å². The Hall–Kier alpha value is -2.99. The van der Waals surface area contributed by atoms with Crippen molar-refractivity contribution in [3.63, 3.8) is 0 Å². The number of rotatable bonds is 5. The number of benzene rings is 1. The summed E-state index contributed by atoms with van der Waals surface area (Å²) in [5, 5.41) is 4.71. The van der Waals surface area contributed by atoms with Crippen molar-refractivity contribution in [2.75, 3.05) is 7.11 Å². The van der Waals surface area contributed by atoms with Crippen LogP contribution in [0, 0.1) is 6.92 Å². The molecule has 5 nitrogen and oxygen atoms in total. The molecule has 0 saturated carbocycles. The van der Waals surface area contributed by atoms with Crippen LogP contribution in [0.15, 0.2) is 47.2 Å². The second-order valence-electron chi connectivity index (χ2n) is 5.56. The molecular weight excluding hydrogens is 350 g/mol. The fourth-order valence-corrected chi connectivity index (χ4v) is 3.27. The molecule has 6 heteroatoms. The molecule has 132 valence electrons. The van der Waals surface area contributed by atoms with E-state index in [0.717, 1.165) is 22.0 Å². The predicted octanol–water partition coefficient (Wildman–Crippen LogP) is 4.15. The van der Waals surface area contributed by atoms with E-state index in [1.54, 1.807) is 17.4 Å². The van der Waals surface area contributed by atoms with Gasteiger partial charge in [0.2, 0.25) is 0 Å². The highest BCUT2D eigenvalue weighted by molar-refractivity contribution is 7.08. The minimum absolute atomic E-state index is 0.108. The molecule has 0 N–H and O–H groups in total. The summed E-state index contributed by atoms with van der Waals surface area (Å²) >= 11 is 1.55. The molecule has 1 aromatic carbocycles. The van der Waals surface area contributed by atoms with E-state index in [1.165, 1.54) is 13.2 Å². The highest BCUT2D eigenvalue weighted by Gasteiger charge is 2.20. The second-order valence-corrected chi connectivity index (χ2v) is 6.34. The van der Waals surface area contributed by atoms with E-state index in [-0.39, 0.29) is 6.61 Å². The van der Waals surface area contributed by atoms with Crippen molar-refractivity contribution >= 4 is 40.3 Å². The number of pyridine rings is 1. The monoisotopic (exact) mass is 367 g/mol. The van der Waals surface area contributed by atoms with Gasteiger partial charge in [0.25, 0.3) is 0 Å². The quantitative estimate of drug-likeness (QED) is 0.501. The molecule has 0 aliphatic heterocycles. The number of ether oxygens (including phenoxy) is 2. The Bertz CT molecular complexity index is 977. The summed E-state index contributed by atoms with van der Waals surface area (Å²) in [5.74, 6) is -1.000. The Labute approximate surface area is 154 Å². The molecule has 2 aromatic heterocycles. The lowest BCUT2D eigenvalue weighted by atomic mass is 10.0. The van der Waals surface area contributed by atoms with Crippen LogP contribution < -0.4 is 0 Å². The van der Waals surface area contributed by atoms with Crippen LogP contribution in [0.5, 0.6) is 0 Å². The molecule has 0 bridgehead atoms. The second kappa shape index (κ2) is 7.93. The van der Waals surface area contributed by atoms with Crippen molar-refractivity contribution in [2.45, 2.75) is 13.5 Å². The van der Waals surface area contributed by atoms with E-state index in [4.69, 9.17) is 9.47 Å². The van der Waals surface area contributed by atoms with Crippen LogP contribution in [0.1, 0.15) is 27.2 Å². The molecule has 26 heavy (non-hydrogen) atoms. The Morgan fingerprint density at radius 3 is 2.77 bits per heavy atom. The summed E-state index contributed by atoms with van der Waals surface area (Å²) in [6.45, 7) is 1.72. The third kappa shape index (κ3) is 3.81. The molecule has 0 amide bonds. The predicted molar refractivity (Wildman–Crippen MR) is 101 cm³/mol. The number of aromatic nitrogens is 1. The van der Waals surface area contributed by atoms with Gasteiger partial charge in [0, 0.05) is 11.5 Å². The number of aryl methyl sites for hydroxylation is 1. The third-order valence-electron chi connectivity index (χ3n) is 3.92. The average Bonchev–Trinajstić information content (AvgIpc) is 3.18. The van der Waals surface area contributed by atoms with Gasteiger partial charge in [-0.3, -0.25) is 0 Å². The molecular formula is C20H17NO4S. The highest BCUT2D eigenvalue weighted by Crippen LogP contribution is 2.24. The summed E-state index contributed by atoms with van der Waals surface area (Å²) in [5.41, 5.74) is 3.13. The Morgan fingerprint density at radius 1 is 1.23 bits per heavy atom. The van der Waals surface area contributed by atoms with Crippen molar-refractivity contribution in [2.24, 2.45) is 0 Å². The van der Waals surface area contributed by atoms with Gasteiger partial charge < -0.3 is 9.47 Å². The first-order valence-electron chi connectivity index (χ1n) is 7.93. The lowest BCUT2D eigenvalue weighted by Crippen LogP contribution is -2.13. The Morgan fingerprint density at radius 2 is 2.04 bits per heavy atom. The first kappa shape index (κ1) is 17.8.